The third-order valence-corrected chi connectivity index (χ3v) is 5.33. The lowest BCUT2D eigenvalue weighted by molar-refractivity contribution is 0.129. The van der Waals surface area contributed by atoms with Gasteiger partial charge < -0.3 is 10.3 Å². The molecular weight excluding hydrogens is 306 g/mol. The molecule has 0 amide bonds. The molecule has 0 aliphatic heterocycles. The van der Waals surface area contributed by atoms with Crippen LogP contribution < -0.4 is 5.73 Å². The van der Waals surface area contributed by atoms with Gasteiger partial charge in [-0.1, -0.05) is 23.2 Å². The van der Waals surface area contributed by atoms with Crippen molar-refractivity contribution >= 4 is 23.4 Å². The molecule has 2 N–H and O–H groups in total. The Kier molecular flexibility index (Phi) is 4.52. The van der Waals surface area contributed by atoms with Gasteiger partial charge in [-0.25, -0.2) is 0 Å². The van der Waals surface area contributed by atoms with Crippen molar-refractivity contribution in [3.8, 4) is 0 Å². The monoisotopic (exact) mass is 323 g/mol. The number of nitrogens with two attached hydrogens (primary N) is 1. The lowest BCUT2D eigenvalue weighted by Gasteiger charge is -2.39. The van der Waals surface area contributed by atoms with Crippen LogP contribution in [0.15, 0.2) is 33.7 Å². The molecule has 1 heterocycles. The van der Waals surface area contributed by atoms with Crippen molar-refractivity contribution in [1.29, 1.82) is 0 Å². The Morgan fingerprint density at radius 1 is 1.29 bits per heavy atom. The first kappa shape index (κ1) is 14.9. The van der Waals surface area contributed by atoms with Gasteiger partial charge in [0, 0.05) is 16.3 Å². The molecule has 0 unspecified atom stereocenters. The summed E-state index contributed by atoms with van der Waals surface area (Å²) >= 11 is 7.54. The van der Waals surface area contributed by atoms with Crippen LogP contribution in [0.3, 0.4) is 0 Å². The van der Waals surface area contributed by atoms with Gasteiger partial charge in [0.25, 0.3) is 0 Å². The standard InChI is InChI=1S/C15H18ClN3OS/c16-11-2-4-12(5-3-11)21-9-13-18-14(20-19-13)8-15(10-17)6-1-7-15/h2-5H,1,6-10,17H2. The van der Waals surface area contributed by atoms with Crippen LogP contribution in [0, 0.1) is 5.41 Å². The number of hydrogen-bond donors (Lipinski definition) is 1. The third-order valence-electron chi connectivity index (χ3n) is 4.07. The van der Waals surface area contributed by atoms with Gasteiger partial charge in [-0.15, -0.1) is 11.8 Å². The minimum atomic E-state index is 0.202. The molecule has 2 aromatic rings. The average molecular weight is 324 g/mol. The minimum Gasteiger partial charge on any atom is -0.339 e. The molecule has 3 rings (SSSR count). The Balaban J connectivity index is 1.56. The van der Waals surface area contributed by atoms with E-state index in [1.54, 1.807) is 11.8 Å². The van der Waals surface area contributed by atoms with Gasteiger partial charge in [0.05, 0.1) is 5.75 Å². The largest absolute Gasteiger partial charge is 0.339 e. The van der Waals surface area contributed by atoms with Gasteiger partial charge in [0.2, 0.25) is 5.89 Å². The van der Waals surface area contributed by atoms with Gasteiger partial charge in [0.1, 0.15) is 0 Å². The van der Waals surface area contributed by atoms with Crippen LogP contribution in [-0.4, -0.2) is 16.7 Å². The zero-order chi connectivity index (χ0) is 14.7. The van der Waals surface area contributed by atoms with Crippen molar-refractivity contribution < 1.29 is 4.52 Å². The van der Waals surface area contributed by atoms with Gasteiger partial charge in [0.15, 0.2) is 5.82 Å². The molecule has 4 nitrogen and oxygen atoms in total. The zero-order valence-electron chi connectivity index (χ0n) is 11.7. The van der Waals surface area contributed by atoms with Crippen molar-refractivity contribution in [3.05, 3.63) is 41.0 Å². The molecule has 1 aliphatic carbocycles. The molecule has 1 aromatic heterocycles. The van der Waals surface area contributed by atoms with Gasteiger partial charge in [-0.2, -0.15) is 4.98 Å². The number of nitrogens with zero attached hydrogens (tertiary/aromatic N) is 2. The summed E-state index contributed by atoms with van der Waals surface area (Å²) in [5.41, 5.74) is 6.07. The van der Waals surface area contributed by atoms with Crippen LogP contribution in [0.25, 0.3) is 0 Å². The van der Waals surface area contributed by atoms with Crippen molar-refractivity contribution in [1.82, 2.24) is 10.1 Å². The fraction of sp³-hybridized carbons (Fsp3) is 0.467. The highest BCUT2D eigenvalue weighted by molar-refractivity contribution is 7.98. The van der Waals surface area contributed by atoms with E-state index in [0.717, 1.165) is 22.2 Å². The smallest absolute Gasteiger partial charge is 0.227 e. The maximum Gasteiger partial charge on any atom is 0.227 e. The highest BCUT2D eigenvalue weighted by Crippen LogP contribution is 2.42. The molecule has 0 spiro atoms. The SMILES string of the molecule is NCC1(Cc2nc(CSc3ccc(Cl)cc3)no2)CCC1. The summed E-state index contributed by atoms with van der Waals surface area (Å²) in [5.74, 6) is 2.14. The van der Waals surface area contributed by atoms with E-state index in [-0.39, 0.29) is 5.41 Å². The van der Waals surface area contributed by atoms with Crippen LogP contribution >= 0.6 is 23.4 Å². The van der Waals surface area contributed by atoms with Crippen LogP contribution in [0.1, 0.15) is 31.0 Å². The Bertz CT molecular complexity index is 590. The summed E-state index contributed by atoms with van der Waals surface area (Å²) in [7, 11) is 0. The third kappa shape index (κ3) is 3.59. The van der Waals surface area contributed by atoms with E-state index < -0.39 is 0 Å². The molecule has 1 aromatic carbocycles. The van der Waals surface area contributed by atoms with E-state index in [2.05, 4.69) is 10.1 Å². The minimum absolute atomic E-state index is 0.202. The number of aromatic nitrogens is 2. The second-order valence-electron chi connectivity index (χ2n) is 5.58. The Morgan fingerprint density at radius 2 is 2.05 bits per heavy atom. The lowest BCUT2D eigenvalue weighted by Crippen LogP contribution is -2.39. The maximum absolute atomic E-state index is 5.87. The van der Waals surface area contributed by atoms with E-state index in [4.69, 9.17) is 21.9 Å². The van der Waals surface area contributed by atoms with Crippen LogP contribution in [-0.2, 0) is 12.2 Å². The Hall–Kier alpha value is -1.04. The Morgan fingerprint density at radius 3 is 2.67 bits per heavy atom. The van der Waals surface area contributed by atoms with E-state index in [1.165, 1.54) is 19.3 Å². The fourth-order valence-corrected chi connectivity index (χ4v) is 3.42. The molecule has 0 radical (unpaired) electrons. The summed E-state index contributed by atoms with van der Waals surface area (Å²) in [6.07, 6.45) is 4.40. The van der Waals surface area contributed by atoms with Crippen LogP contribution in [0.4, 0.5) is 0 Å². The van der Waals surface area contributed by atoms with Crippen molar-refractivity contribution in [2.24, 2.45) is 11.1 Å². The molecule has 6 heteroatoms. The van der Waals surface area contributed by atoms with E-state index >= 15 is 0 Å². The summed E-state index contributed by atoms with van der Waals surface area (Å²) in [4.78, 5) is 5.62. The first-order valence-corrected chi connectivity index (χ1v) is 8.45. The van der Waals surface area contributed by atoms with E-state index in [0.29, 0.717) is 18.2 Å². The summed E-state index contributed by atoms with van der Waals surface area (Å²) < 4.78 is 5.35. The van der Waals surface area contributed by atoms with Crippen molar-refractivity contribution in [3.63, 3.8) is 0 Å². The van der Waals surface area contributed by atoms with Crippen LogP contribution in [0.5, 0.6) is 0 Å². The van der Waals surface area contributed by atoms with Crippen LogP contribution in [0.2, 0.25) is 5.02 Å². The normalized spacial score (nSPS) is 16.7. The summed E-state index contributed by atoms with van der Waals surface area (Å²) in [6.45, 7) is 0.699. The number of halogens is 1. The predicted molar refractivity (Wildman–Crippen MR) is 84.4 cm³/mol. The second-order valence-corrected chi connectivity index (χ2v) is 7.07. The molecule has 0 saturated heterocycles. The molecule has 112 valence electrons. The fourth-order valence-electron chi connectivity index (χ4n) is 2.55. The highest BCUT2D eigenvalue weighted by atomic mass is 35.5. The zero-order valence-corrected chi connectivity index (χ0v) is 13.3. The van der Waals surface area contributed by atoms with E-state index in [9.17, 15) is 0 Å². The van der Waals surface area contributed by atoms with E-state index in [1.807, 2.05) is 24.3 Å². The van der Waals surface area contributed by atoms with Crippen molar-refractivity contribution in [2.45, 2.75) is 36.3 Å². The predicted octanol–water partition coefficient (Wildman–Crippen LogP) is 3.69. The highest BCUT2D eigenvalue weighted by Gasteiger charge is 2.37. The van der Waals surface area contributed by atoms with Gasteiger partial charge in [-0.3, -0.25) is 0 Å². The lowest BCUT2D eigenvalue weighted by atomic mass is 9.67. The molecular formula is C15H18ClN3OS. The average Bonchev–Trinajstić information content (AvgIpc) is 2.90. The number of hydrogen-bond acceptors (Lipinski definition) is 5. The first-order valence-electron chi connectivity index (χ1n) is 7.09. The second kappa shape index (κ2) is 6.38. The topological polar surface area (TPSA) is 64.9 Å². The number of rotatable bonds is 6. The number of benzene rings is 1. The Labute approximate surface area is 133 Å². The quantitative estimate of drug-likeness (QED) is 0.821. The maximum atomic E-state index is 5.87. The summed E-state index contributed by atoms with van der Waals surface area (Å²) in [6, 6.07) is 7.75. The van der Waals surface area contributed by atoms with Gasteiger partial charge in [-0.05, 0) is 49.1 Å². The van der Waals surface area contributed by atoms with Gasteiger partial charge >= 0.3 is 0 Å². The molecule has 21 heavy (non-hydrogen) atoms. The molecule has 1 aliphatic rings. The molecule has 1 fully saturated rings. The molecule has 1 saturated carbocycles. The summed E-state index contributed by atoms with van der Waals surface area (Å²) in [5, 5.41) is 4.80. The number of thioether (sulfide) groups is 1. The molecule has 0 atom stereocenters. The molecule has 0 bridgehead atoms. The van der Waals surface area contributed by atoms with Crippen molar-refractivity contribution in [2.75, 3.05) is 6.54 Å². The first-order chi connectivity index (χ1) is 10.2.